The number of anilines is 2. The van der Waals surface area contributed by atoms with Gasteiger partial charge in [0.25, 0.3) is 0 Å². The van der Waals surface area contributed by atoms with Gasteiger partial charge in [-0.25, -0.2) is 0 Å². The molecule has 8 nitrogen and oxygen atoms in total. The van der Waals surface area contributed by atoms with Crippen molar-refractivity contribution < 1.29 is 9.13 Å². The Morgan fingerprint density at radius 1 is 1.00 bits per heavy atom. The number of likely N-dealkylation sites (N-methyl/N-ethyl adjacent to an activating group) is 1. The second-order valence-electron chi connectivity index (χ2n) is 12.0. The Morgan fingerprint density at radius 3 is 2.50 bits per heavy atom. The molecule has 1 aliphatic carbocycles. The van der Waals surface area contributed by atoms with Crippen LogP contribution >= 0.6 is 11.6 Å². The van der Waals surface area contributed by atoms with Crippen LogP contribution in [-0.4, -0.2) is 105 Å². The maximum absolute atomic E-state index is 14.7. The van der Waals surface area contributed by atoms with Crippen LogP contribution in [0, 0.1) is 17.1 Å². The van der Waals surface area contributed by atoms with Gasteiger partial charge in [-0.2, -0.15) is 0 Å². The van der Waals surface area contributed by atoms with Crippen LogP contribution in [0.4, 0.5) is 16.0 Å². The van der Waals surface area contributed by atoms with Crippen molar-refractivity contribution in [1.82, 2.24) is 24.7 Å². The van der Waals surface area contributed by atoms with Crippen LogP contribution in [0.2, 0.25) is 5.02 Å². The fraction of sp³-hybridized carbons (Fsp3) is 0.485. The summed E-state index contributed by atoms with van der Waals surface area (Å²) in [7, 11) is 2.23. The molecule has 0 bridgehead atoms. The summed E-state index contributed by atoms with van der Waals surface area (Å²) >= 11 is 5.17. The maximum atomic E-state index is 14.7. The van der Waals surface area contributed by atoms with Crippen molar-refractivity contribution >= 4 is 47.8 Å². The molecule has 6 rings (SSSR count). The monoisotopic (exact) mass is 679 g/mol. The Balaban J connectivity index is 1.07. The Morgan fingerprint density at radius 2 is 1.73 bits per heavy atom. The molecule has 232 valence electrons. The number of nitrogens with zero attached hydrogens (tertiary/aromatic N) is 6. The SMILES string of the molecule is CN1CCN(C2CCN(C3CCc4ccc(Nc5ncc(Cl)c([AsH]c6c(F)cccc6OCC#N)n5)cc4CC3)CC2)CC1. The zero-order valence-corrected chi connectivity index (χ0v) is 28.1. The molecule has 2 saturated heterocycles. The molecule has 2 aromatic carbocycles. The molecule has 1 aromatic heterocycles. The number of aromatic nitrogens is 2. The van der Waals surface area contributed by atoms with Crippen LogP contribution in [0.5, 0.6) is 5.75 Å². The number of piperidine rings is 1. The number of nitriles is 1. The number of nitrogens with one attached hydrogen (secondary N) is 1. The van der Waals surface area contributed by atoms with Crippen LogP contribution in [0.3, 0.4) is 0 Å². The Kier molecular flexibility index (Phi) is 10.4. The first-order valence-corrected chi connectivity index (χ1v) is 18.1. The first-order chi connectivity index (χ1) is 21.5. The number of hydrogen-bond donors (Lipinski definition) is 1. The minimum Gasteiger partial charge on any atom is -0.0246 e. The molecule has 3 heterocycles. The van der Waals surface area contributed by atoms with Gasteiger partial charge in [-0.3, -0.25) is 4.90 Å². The topological polar surface area (TPSA) is 80.5 Å². The van der Waals surface area contributed by atoms with E-state index < -0.39 is 15.8 Å². The first-order valence-electron chi connectivity index (χ1n) is 15.6. The third-order valence-corrected chi connectivity index (χ3v) is 12.7. The number of halogens is 2. The zero-order valence-electron chi connectivity index (χ0n) is 25.2. The predicted octanol–water partition coefficient (Wildman–Crippen LogP) is 3.26. The van der Waals surface area contributed by atoms with Gasteiger partial charge in [0, 0.05) is 32.2 Å². The van der Waals surface area contributed by atoms with E-state index in [2.05, 4.69) is 55.2 Å². The van der Waals surface area contributed by atoms with Gasteiger partial charge < -0.3 is 4.90 Å². The number of likely N-dealkylation sites (tertiary alicyclic amines) is 1. The van der Waals surface area contributed by atoms with E-state index >= 15 is 0 Å². The molecular weight excluding hydrogens is 640 g/mol. The summed E-state index contributed by atoms with van der Waals surface area (Å²) in [4.78, 5) is 17.0. The van der Waals surface area contributed by atoms with Gasteiger partial charge >= 0.3 is 210 Å². The summed E-state index contributed by atoms with van der Waals surface area (Å²) in [5, 5.41) is 12.7. The van der Waals surface area contributed by atoms with E-state index in [9.17, 15) is 4.39 Å². The van der Waals surface area contributed by atoms with E-state index in [1.54, 1.807) is 18.3 Å². The third kappa shape index (κ3) is 7.55. The number of hydrogen-bond acceptors (Lipinski definition) is 8. The molecule has 2 fully saturated rings. The molecule has 0 amide bonds. The Bertz CT molecular complexity index is 1490. The van der Waals surface area contributed by atoms with Crippen LogP contribution < -0.4 is 18.9 Å². The number of rotatable bonds is 8. The summed E-state index contributed by atoms with van der Waals surface area (Å²) in [6, 6.07) is 14.5. The van der Waals surface area contributed by atoms with E-state index in [-0.39, 0.29) is 12.4 Å². The molecule has 0 radical (unpaired) electrons. The van der Waals surface area contributed by atoms with Gasteiger partial charge in [-0.1, -0.05) is 0 Å². The molecule has 3 aromatic rings. The van der Waals surface area contributed by atoms with E-state index in [4.69, 9.17) is 21.6 Å². The zero-order chi connectivity index (χ0) is 30.5. The summed E-state index contributed by atoms with van der Waals surface area (Å²) < 4.78 is 21.2. The second-order valence-corrected chi connectivity index (χ2v) is 15.0. The predicted molar refractivity (Wildman–Crippen MR) is 175 cm³/mol. The standard InChI is InChI=1S/C33H40AsClFN7O/c1-41-16-18-43(19-17-41)27-11-14-42(15-12-27)26-9-6-23-5-8-25(21-24(23)7-10-26)39-33-38-22-28(35)32(40-33)34-31-29(36)3-2-4-30(31)44-20-13-37/h2-5,8,21-22,26-27,34H,6-7,9-12,14-20H2,1H3,(H,38,39,40). The van der Waals surface area contributed by atoms with Crippen molar-refractivity contribution in [3.05, 3.63) is 64.6 Å². The summed E-state index contributed by atoms with van der Waals surface area (Å²) in [5.41, 5.74) is 3.75. The Labute approximate surface area is 271 Å². The van der Waals surface area contributed by atoms with Gasteiger partial charge in [-0.15, -0.1) is 0 Å². The quantitative estimate of drug-likeness (QED) is 0.287. The van der Waals surface area contributed by atoms with Gasteiger partial charge in [-0.05, 0) is 19.9 Å². The molecule has 3 aliphatic rings. The van der Waals surface area contributed by atoms with Crippen molar-refractivity contribution in [1.29, 1.82) is 5.26 Å². The third-order valence-electron chi connectivity index (χ3n) is 9.28. The molecule has 2 atom stereocenters. The number of fused-ring (bicyclic) bond motifs is 1. The van der Waals surface area contributed by atoms with Crippen molar-refractivity contribution in [2.24, 2.45) is 0 Å². The molecule has 0 spiro atoms. The van der Waals surface area contributed by atoms with Crippen molar-refractivity contribution in [3.63, 3.8) is 0 Å². The average Bonchev–Trinajstić information content (AvgIpc) is 3.26. The number of aryl methyl sites for hydroxylation is 2. The molecule has 0 saturated carbocycles. The van der Waals surface area contributed by atoms with Gasteiger partial charge in [0.1, 0.15) is 0 Å². The smallest absolute Gasteiger partial charge is 0.0246 e. The van der Waals surface area contributed by atoms with Crippen LogP contribution in [0.1, 0.15) is 36.8 Å². The van der Waals surface area contributed by atoms with Gasteiger partial charge in [0.05, 0.1) is 0 Å². The van der Waals surface area contributed by atoms with E-state index in [1.165, 1.54) is 82.1 Å². The molecular formula is C33H40AsClFN7O. The van der Waals surface area contributed by atoms with Gasteiger partial charge in [0.2, 0.25) is 0 Å². The van der Waals surface area contributed by atoms with E-state index in [0.717, 1.165) is 24.6 Å². The van der Waals surface area contributed by atoms with Crippen LogP contribution in [0.25, 0.3) is 0 Å². The van der Waals surface area contributed by atoms with Crippen molar-refractivity contribution in [2.75, 3.05) is 58.2 Å². The normalized spacial score (nSPS) is 20.7. The number of piperazine rings is 1. The molecule has 44 heavy (non-hydrogen) atoms. The molecule has 1 N–H and O–H groups in total. The molecule has 2 aliphatic heterocycles. The van der Waals surface area contributed by atoms with Crippen LogP contribution in [0.15, 0.2) is 42.6 Å². The number of ether oxygens (including phenoxy) is 1. The summed E-state index contributed by atoms with van der Waals surface area (Å²) in [6.45, 7) is 7.08. The van der Waals surface area contributed by atoms with E-state index in [1.807, 2.05) is 6.07 Å². The van der Waals surface area contributed by atoms with Crippen LogP contribution in [-0.2, 0) is 12.8 Å². The fourth-order valence-electron chi connectivity index (χ4n) is 6.76. The minimum atomic E-state index is -1.29. The molecule has 2 unspecified atom stereocenters. The first kappa shape index (κ1) is 31.3. The fourth-order valence-corrected chi connectivity index (χ4v) is 9.32. The summed E-state index contributed by atoms with van der Waals surface area (Å²) in [5.74, 6) is 0.408. The van der Waals surface area contributed by atoms with Crippen molar-refractivity contribution in [3.8, 4) is 11.8 Å². The minimum absolute atomic E-state index is 0.151. The second kappa shape index (κ2) is 14.6. The van der Waals surface area contributed by atoms with Gasteiger partial charge in [0.15, 0.2) is 0 Å². The summed E-state index contributed by atoms with van der Waals surface area (Å²) in [6.07, 6.45) is 8.70. The molecule has 11 heteroatoms. The van der Waals surface area contributed by atoms with E-state index in [0.29, 0.717) is 31.6 Å². The Hall–Kier alpha value is -2.73. The number of benzene rings is 2. The average molecular weight is 680 g/mol. The van der Waals surface area contributed by atoms with Crippen molar-refractivity contribution in [2.45, 2.75) is 50.6 Å².